The number of carbonyl (C=O) groups is 1. The van der Waals surface area contributed by atoms with Gasteiger partial charge in [0.1, 0.15) is 5.78 Å². The van der Waals surface area contributed by atoms with Gasteiger partial charge in [-0.25, -0.2) is 0 Å². The molecular weight excluding hydrogens is 280 g/mol. The molecule has 0 heterocycles. The van der Waals surface area contributed by atoms with E-state index >= 15 is 0 Å². The number of ketones is 1. The van der Waals surface area contributed by atoms with Crippen molar-refractivity contribution in [3.05, 3.63) is 29.8 Å². The van der Waals surface area contributed by atoms with Crippen molar-refractivity contribution in [1.82, 2.24) is 0 Å². The quantitative estimate of drug-likeness (QED) is 0.638. The number of benzene rings is 1. The molecule has 116 valence electrons. The van der Waals surface area contributed by atoms with Crippen molar-refractivity contribution in [3.8, 4) is 0 Å². The highest BCUT2D eigenvalue weighted by molar-refractivity contribution is 7.85. The molecule has 0 radical (unpaired) electrons. The van der Waals surface area contributed by atoms with E-state index in [1.54, 1.807) is 0 Å². The second-order valence-electron chi connectivity index (χ2n) is 6.22. The summed E-state index contributed by atoms with van der Waals surface area (Å²) in [6.07, 6.45) is 7.27. The molecule has 0 aliphatic heterocycles. The van der Waals surface area contributed by atoms with Gasteiger partial charge in [0, 0.05) is 10.8 Å². The Balaban J connectivity index is 1.73. The van der Waals surface area contributed by atoms with Crippen LogP contribution in [0.25, 0.3) is 0 Å². The number of hydrogen-bond donors (Lipinski definition) is 0. The summed E-state index contributed by atoms with van der Waals surface area (Å²) in [4.78, 5) is 12.9. The van der Waals surface area contributed by atoms with Gasteiger partial charge in [0.25, 0.3) is 0 Å². The van der Waals surface area contributed by atoms with Crippen LogP contribution in [-0.2, 0) is 15.6 Å². The number of hydrogen-bond acceptors (Lipinski definition) is 2. The highest BCUT2D eigenvalue weighted by Crippen LogP contribution is 2.43. The van der Waals surface area contributed by atoms with Gasteiger partial charge in [-0.15, -0.1) is 0 Å². The second kappa shape index (κ2) is 7.88. The summed E-state index contributed by atoms with van der Waals surface area (Å²) >= 11 is 0. The van der Waals surface area contributed by atoms with E-state index in [0.29, 0.717) is 5.92 Å². The normalized spacial score (nSPS) is 22.0. The van der Waals surface area contributed by atoms with Gasteiger partial charge in [-0.1, -0.05) is 50.3 Å². The Morgan fingerprint density at radius 3 is 2.57 bits per heavy atom. The van der Waals surface area contributed by atoms with Crippen molar-refractivity contribution in [1.29, 1.82) is 0 Å². The van der Waals surface area contributed by atoms with Crippen LogP contribution in [0.15, 0.2) is 29.2 Å². The second-order valence-corrected chi connectivity index (χ2v) is 7.67. The van der Waals surface area contributed by atoms with E-state index in [-0.39, 0.29) is 17.5 Å². The summed E-state index contributed by atoms with van der Waals surface area (Å²) in [6, 6.07) is 7.64. The first-order chi connectivity index (χ1) is 10.1. The highest BCUT2D eigenvalue weighted by Gasteiger charge is 2.42. The summed E-state index contributed by atoms with van der Waals surface area (Å²) in [7, 11) is -1.18. The van der Waals surface area contributed by atoms with Crippen LogP contribution in [0.4, 0.5) is 0 Å². The molecule has 3 atom stereocenters. The number of aryl methyl sites for hydroxylation is 1. The van der Waals surface area contributed by atoms with Gasteiger partial charge in [-0.3, -0.25) is 9.00 Å². The summed E-state index contributed by atoms with van der Waals surface area (Å²) in [5, 5.41) is 0. The molecule has 0 spiro atoms. The fourth-order valence-electron chi connectivity index (χ4n) is 2.80. The summed E-state index contributed by atoms with van der Waals surface area (Å²) in [5.41, 5.74) is 1.15. The maximum absolute atomic E-state index is 12.2. The number of carbonyl (C=O) groups excluding carboxylic acids is 1. The van der Waals surface area contributed by atoms with Crippen molar-refractivity contribution < 1.29 is 9.00 Å². The smallest absolute Gasteiger partial charge is 0.149 e. The van der Waals surface area contributed by atoms with E-state index < -0.39 is 10.8 Å². The Kier molecular flexibility index (Phi) is 6.16. The molecule has 1 fully saturated rings. The first kappa shape index (κ1) is 16.4. The predicted octanol–water partition coefficient (Wildman–Crippen LogP) is 4.28. The SMILES string of the molecule is CCCCCC[C@@H]1C[C@@H]1C(=O)C[S@](=O)c1ccc(C)cc1. The Hall–Kier alpha value is -0.960. The van der Waals surface area contributed by atoms with Crippen LogP contribution < -0.4 is 0 Å². The summed E-state index contributed by atoms with van der Waals surface area (Å²) < 4.78 is 12.2. The Bertz CT molecular complexity index is 492. The molecular formula is C18H26O2S. The van der Waals surface area contributed by atoms with Crippen LogP contribution in [0.3, 0.4) is 0 Å². The zero-order valence-corrected chi connectivity index (χ0v) is 14.0. The van der Waals surface area contributed by atoms with Crippen LogP contribution >= 0.6 is 0 Å². The van der Waals surface area contributed by atoms with E-state index in [2.05, 4.69) is 6.92 Å². The molecule has 0 bridgehead atoms. The number of rotatable bonds is 9. The fourth-order valence-corrected chi connectivity index (χ4v) is 3.88. The summed E-state index contributed by atoms with van der Waals surface area (Å²) in [5.74, 6) is 1.17. The molecule has 0 aromatic heterocycles. The zero-order valence-electron chi connectivity index (χ0n) is 13.1. The van der Waals surface area contributed by atoms with Crippen LogP contribution in [0.5, 0.6) is 0 Å². The first-order valence-corrected chi connectivity index (χ1v) is 9.41. The van der Waals surface area contributed by atoms with Gasteiger partial charge in [-0.05, 0) is 37.8 Å². The lowest BCUT2D eigenvalue weighted by Crippen LogP contribution is -2.13. The minimum atomic E-state index is -1.18. The molecule has 2 rings (SSSR count). The average molecular weight is 306 g/mol. The summed E-state index contributed by atoms with van der Waals surface area (Å²) in [6.45, 7) is 4.22. The molecule has 1 aliphatic rings. The van der Waals surface area contributed by atoms with Gasteiger partial charge in [-0.2, -0.15) is 0 Å². The van der Waals surface area contributed by atoms with Gasteiger partial charge in [0.05, 0.1) is 16.6 Å². The first-order valence-electron chi connectivity index (χ1n) is 8.09. The van der Waals surface area contributed by atoms with E-state index in [9.17, 15) is 9.00 Å². The molecule has 1 aromatic rings. The topological polar surface area (TPSA) is 34.1 Å². The standard InChI is InChI=1S/C18H26O2S/c1-3-4-5-6-7-15-12-17(15)18(19)13-21(20)16-10-8-14(2)9-11-16/h8-11,15,17H,3-7,12-13H2,1-2H3/t15-,17+,21+/m1/s1. The maximum atomic E-state index is 12.2. The van der Waals surface area contributed by atoms with E-state index in [1.165, 1.54) is 32.1 Å². The average Bonchev–Trinajstić information content (AvgIpc) is 3.24. The molecule has 1 aromatic carbocycles. The Morgan fingerprint density at radius 1 is 1.19 bits per heavy atom. The molecule has 3 heteroatoms. The molecule has 1 saturated carbocycles. The largest absolute Gasteiger partial charge is 0.298 e. The van der Waals surface area contributed by atoms with E-state index in [0.717, 1.165) is 16.9 Å². The minimum Gasteiger partial charge on any atom is -0.298 e. The highest BCUT2D eigenvalue weighted by atomic mass is 32.2. The molecule has 0 saturated heterocycles. The minimum absolute atomic E-state index is 0.194. The van der Waals surface area contributed by atoms with Crippen molar-refractivity contribution in [2.24, 2.45) is 11.8 Å². The van der Waals surface area contributed by atoms with Gasteiger partial charge >= 0.3 is 0 Å². The van der Waals surface area contributed by atoms with Crippen molar-refractivity contribution in [2.45, 2.75) is 57.3 Å². The lowest BCUT2D eigenvalue weighted by atomic mass is 10.1. The Morgan fingerprint density at radius 2 is 1.90 bits per heavy atom. The number of unbranched alkanes of at least 4 members (excludes halogenated alkanes) is 3. The van der Waals surface area contributed by atoms with Crippen molar-refractivity contribution in [3.63, 3.8) is 0 Å². The third kappa shape index (κ3) is 5.06. The van der Waals surface area contributed by atoms with Crippen LogP contribution in [0, 0.1) is 18.8 Å². The maximum Gasteiger partial charge on any atom is 0.149 e. The van der Waals surface area contributed by atoms with Gasteiger partial charge in [0.15, 0.2) is 0 Å². The molecule has 0 N–H and O–H groups in total. The molecule has 0 amide bonds. The third-order valence-electron chi connectivity index (χ3n) is 4.32. The molecule has 21 heavy (non-hydrogen) atoms. The van der Waals surface area contributed by atoms with E-state index in [4.69, 9.17) is 0 Å². The van der Waals surface area contributed by atoms with Crippen LogP contribution in [0.2, 0.25) is 0 Å². The van der Waals surface area contributed by atoms with Crippen LogP contribution in [-0.4, -0.2) is 15.7 Å². The number of Topliss-reactive ketones (excluding diaryl/α,β-unsaturated/α-hetero) is 1. The Labute approximate surface area is 130 Å². The van der Waals surface area contributed by atoms with Crippen molar-refractivity contribution >= 4 is 16.6 Å². The lowest BCUT2D eigenvalue weighted by Gasteiger charge is -2.03. The van der Waals surface area contributed by atoms with Gasteiger partial charge in [0.2, 0.25) is 0 Å². The van der Waals surface area contributed by atoms with Crippen LogP contribution in [0.1, 0.15) is 51.0 Å². The monoisotopic (exact) mass is 306 g/mol. The predicted molar refractivity (Wildman–Crippen MR) is 87.8 cm³/mol. The van der Waals surface area contributed by atoms with E-state index in [1.807, 2.05) is 31.2 Å². The lowest BCUT2D eigenvalue weighted by molar-refractivity contribution is -0.118. The zero-order chi connectivity index (χ0) is 15.2. The fraction of sp³-hybridized carbons (Fsp3) is 0.611. The molecule has 0 unspecified atom stereocenters. The molecule has 1 aliphatic carbocycles. The van der Waals surface area contributed by atoms with Gasteiger partial charge < -0.3 is 0 Å². The molecule has 2 nitrogen and oxygen atoms in total. The van der Waals surface area contributed by atoms with Crippen molar-refractivity contribution in [2.75, 3.05) is 5.75 Å². The third-order valence-corrected chi connectivity index (χ3v) is 5.67.